The molecule has 0 unspecified atom stereocenters. The van der Waals surface area contributed by atoms with E-state index in [1.54, 1.807) is 0 Å². The Morgan fingerprint density at radius 2 is 1.90 bits per heavy atom. The van der Waals surface area contributed by atoms with Gasteiger partial charge in [-0.15, -0.1) is 11.6 Å². The summed E-state index contributed by atoms with van der Waals surface area (Å²) in [4.78, 5) is 0. The zero-order valence-electron chi connectivity index (χ0n) is 6.05. The average molecular weight is 161 g/mol. The SMILES string of the molecule is C=COC1CCC(Cl)CC1. The number of hydrogen-bond acceptors (Lipinski definition) is 1. The van der Waals surface area contributed by atoms with Crippen molar-refractivity contribution in [1.82, 2.24) is 0 Å². The highest BCUT2D eigenvalue weighted by molar-refractivity contribution is 6.20. The van der Waals surface area contributed by atoms with E-state index in [0.717, 1.165) is 25.7 Å². The Kier molecular flexibility index (Phi) is 3.07. The van der Waals surface area contributed by atoms with Crippen LogP contribution in [0.4, 0.5) is 0 Å². The van der Waals surface area contributed by atoms with Gasteiger partial charge in [0, 0.05) is 5.38 Å². The van der Waals surface area contributed by atoms with Gasteiger partial charge in [0.1, 0.15) is 0 Å². The van der Waals surface area contributed by atoms with E-state index in [1.165, 1.54) is 6.26 Å². The van der Waals surface area contributed by atoms with Crippen LogP contribution in [0.25, 0.3) is 0 Å². The van der Waals surface area contributed by atoms with Gasteiger partial charge < -0.3 is 4.74 Å². The zero-order valence-corrected chi connectivity index (χ0v) is 6.81. The second-order valence-electron chi connectivity index (χ2n) is 2.68. The van der Waals surface area contributed by atoms with E-state index in [4.69, 9.17) is 16.3 Å². The molecule has 1 fully saturated rings. The van der Waals surface area contributed by atoms with Gasteiger partial charge in [0.15, 0.2) is 0 Å². The van der Waals surface area contributed by atoms with Crippen LogP contribution in [0.3, 0.4) is 0 Å². The number of hydrogen-bond donors (Lipinski definition) is 0. The van der Waals surface area contributed by atoms with E-state index in [1.807, 2.05) is 0 Å². The Hall–Kier alpha value is -0.170. The van der Waals surface area contributed by atoms with E-state index >= 15 is 0 Å². The van der Waals surface area contributed by atoms with Crippen LogP contribution in [0.15, 0.2) is 12.8 Å². The lowest BCUT2D eigenvalue weighted by molar-refractivity contribution is 0.108. The van der Waals surface area contributed by atoms with Crippen LogP contribution in [0.1, 0.15) is 25.7 Å². The largest absolute Gasteiger partial charge is 0.499 e. The summed E-state index contributed by atoms with van der Waals surface area (Å²) in [5, 5.41) is 0.379. The molecule has 0 heterocycles. The summed E-state index contributed by atoms with van der Waals surface area (Å²) in [6.45, 7) is 3.52. The van der Waals surface area contributed by atoms with Crippen LogP contribution >= 0.6 is 11.6 Å². The summed E-state index contributed by atoms with van der Waals surface area (Å²) in [6, 6.07) is 0. The maximum Gasteiger partial charge on any atom is 0.0979 e. The topological polar surface area (TPSA) is 9.23 Å². The van der Waals surface area contributed by atoms with Crippen LogP contribution in [0, 0.1) is 0 Å². The van der Waals surface area contributed by atoms with Crippen LogP contribution in [-0.2, 0) is 4.74 Å². The Morgan fingerprint density at radius 3 is 2.40 bits per heavy atom. The van der Waals surface area contributed by atoms with Crippen molar-refractivity contribution in [3.05, 3.63) is 12.8 Å². The lowest BCUT2D eigenvalue weighted by Gasteiger charge is -2.23. The third-order valence-electron chi connectivity index (χ3n) is 1.89. The lowest BCUT2D eigenvalue weighted by Crippen LogP contribution is -2.19. The molecule has 0 radical (unpaired) electrons. The maximum atomic E-state index is 5.90. The minimum Gasteiger partial charge on any atom is -0.499 e. The smallest absolute Gasteiger partial charge is 0.0979 e. The second kappa shape index (κ2) is 3.87. The molecule has 0 aliphatic heterocycles. The van der Waals surface area contributed by atoms with E-state index in [2.05, 4.69) is 6.58 Å². The molecule has 1 nitrogen and oxygen atoms in total. The van der Waals surface area contributed by atoms with Crippen LogP contribution in [0.2, 0.25) is 0 Å². The molecule has 10 heavy (non-hydrogen) atoms. The molecule has 1 rings (SSSR count). The number of halogens is 1. The molecular formula is C8H13ClO. The highest BCUT2D eigenvalue weighted by Crippen LogP contribution is 2.24. The molecule has 0 aromatic heterocycles. The molecule has 0 saturated heterocycles. The molecule has 1 saturated carbocycles. The Morgan fingerprint density at radius 1 is 1.30 bits per heavy atom. The molecule has 0 bridgehead atoms. The van der Waals surface area contributed by atoms with Crippen molar-refractivity contribution in [3.63, 3.8) is 0 Å². The molecule has 0 amide bonds. The average Bonchev–Trinajstić information content (AvgIpc) is 1.95. The number of alkyl halides is 1. The summed E-state index contributed by atoms with van der Waals surface area (Å²) in [7, 11) is 0. The number of rotatable bonds is 2. The van der Waals surface area contributed by atoms with Gasteiger partial charge in [0.05, 0.1) is 12.4 Å². The van der Waals surface area contributed by atoms with Crippen molar-refractivity contribution in [2.24, 2.45) is 0 Å². The molecule has 1 aliphatic rings. The van der Waals surface area contributed by atoms with Gasteiger partial charge in [0.2, 0.25) is 0 Å². The second-order valence-corrected chi connectivity index (χ2v) is 3.29. The summed E-state index contributed by atoms with van der Waals surface area (Å²) in [6.07, 6.45) is 6.24. The molecule has 1 aliphatic carbocycles. The monoisotopic (exact) mass is 160 g/mol. The first-order chi connectivity index (χ1) is 4.83. The Bertz CT molecular complexity index is 106. The van der Waals surface area contributed by atoms with E-state index in [0.29, 0.717) is 11.5 Å². The Labute approximate surface area is 67.0 Å². The molecule has 0 spiro atoms. The van der Waals surface area contributed by atoms with Gasteiger partial charge >= 0.3 is 0 Å². The van der Waals surface area contributed by atoms with Gasteiger partial charge in [-0.3, -0.25) is 0 Å². The third-order valence-corrected chi connectivity index (χ3v) is 2.33. The molecule has 0 N–H and O–H groups in total. The van der Waals surface area contributed by atoms with E-state index < -0.39 is 0 Å². The summed E-state index contributed by atoms with van der Waals surface area (Å²) >= 11 is 5.90. The number of ether oxygens (including phenoxy) is 1. The molecule has 0 aromatic carbocycles. The highest BCUT2D eigenvalue weighted by Gasteiger charge is 2.18. The minimum atomic E-state index is 0.379. The normalized spacial score (nSPS) is 33.3. The van der Waals surface area contributed by atoms with Crippen molar-refractivity contribution < 1.29 is 4.74 Å². The Balaban J connectivity index is 2.19. The van der Waals surface area contributed by atoms with Crippen molar-refractivity contribution in [2.45, 2.75) is 37.2 Å². The summed E-state index contributed by atoms with van der Waals surface area (Å²) in [5.41, 5.74) is 0. The first-order valence-corrected chi connectivity index (χ1v) is 4.17. The van der Waals surface area contributed by atoms with Crippen LogP contribution in [-0.4, -0.2) is 11.5 Å². The van der Waals surface area contributed by atoms with Gasteiger partial charge in [0.25, 0.3) is 0 Å². The first kappa shape index (κ1) is 7.93. The zero-order chi connectivity index (χ0) is 7.40. The third kappa shape index (κ3) is 2.22. The van der Waals surface area contributed by atoms with Crippen LogP contribution < -0.4 is 0 Å². The predicted octanol–water partition coefficient (Wildman–Crippen LogP) is 2.70. The highest BCUT2D eigenvalue weighted by atomic mass is 35.5. The van der Waals surface area contributed by atoms with Gasteiger partial charge in [-0.2, -0.15) is 0 Å². The first-order valence-electron chi connectivity index (χ1n) is 3.73. The van der Waals surface area contributed by atoms with Crippen molar-refractivity contribution in [3.8, 4) is 0 Å². The van der Waals surface area contributed by atoms with Gasteiger partial charge in [-0.05, 0) is 25.7 Å². The molecular weight excluding hydrogens is 148 g/mol. The van der Waals surface area contributed by atoms with Gasteiger partial charge in [-0.25, -0.2) is 0 Å². The van der Waals surface area contributed by atoms with E-state index in [-0.39, 0.29) is 0 Å². The minimum absolute atomic E-state index is 0.379. The fourth-order valence-electron chi connectivity index (χ4n) is 1.29. The van der Waals surface area contributed by atoms with Crippen molar-refractivity contribution in [1.29, 1.82) is 0 Å². The fourth-order valence-corrected chi connectivity index (χ4v) is 1.55. The quantitative estimate of drug-likeness (QED) is 0.446. The predicted molar refractivity (Wildman–Crippen MR) is 43.2 cm³/mol. The van der Waals surface area contributed by atoms with E-state index in [9.17, 15) is 0 Å². The summed E-state index contributed by atoms with van der Waals surface area (Å²) in [5.74, 6) is 0. The molecule has 0 aromatic rings. The lowest BCUT2D eigenvalue weighted by atomic mass is 9.97. The standard InChI is InChI=1S/C8H13ClO/c1-2-10-8-5-3-7(9)4-6-8/h2,7-8H,1,3-6H2. The molecule has 58 valence electrons. The summed E-state index contributed by atoms with van der Waals surface area (Å²) < 4.78 is 5.24. The fraction of sp³-hybridized carbons (Fsp3) is 0.750. The van der Waals surface area contributed by atoms with Crippen molar-refractivity contribution in [2.75, 3.05) is 0 Å². The molecule has 2 heteroatoms. The van der Waals surface area contributed by atoms with Crippen LogP contribution in [0.5, 0.6) is 0 Å². The molecule has 0 atom stereocenters. The van der Waals surface area contributed by atoms with Gasteiger partial charge in [-0.1, -0.05) is 6.58 Å². The maximum absolute atomic E-state index is 5.90. The van der Waals surface area contributed by atoms with Crippen molar-refractivity contribution >= 4 is 11.6 Å².